The van der Waals surface area contributed by atoms with Crippen LogP contribution in [0.3, 0.4) is 0 Å². The van der Waals surface area contributed by atoms with E-state index in [4.69, 9.17) is 4.99 Å². The van der Waals surface area contributed by atoms with Crippen molar-refractivity contribution in [1.29, 1.82) is 0 Å². The summed E-state index contributed by atoms with van der Waals surface area (Å²) in [6, 6.07) is 8.76. The second kappa shape index (κ2) is 8.54. The van der Waals surface area contributed by atoms with Crippen molar-refractivity contribution in [3.8, 4) is 0 Å². The van der Waals surface area contributed by atoms with Crippen molar-refractivity contribution in [2.45, 2.75) is 34.2 Å². The minimum absolute atomic E-state index is 0.653. The Morgan fingerprint density at radius 1 is 1.19 bits per heavy atom. The summed E-state index contributed by atoms with van der Waals surface area (Å²) in [5.41, 5.74) is 3.76. The van der Waals surface area contributed by atoms with Crippen LogP contribution < -0.4 is 10.2 Å². The molecule has 0 unspecified atom stereocenters. The number of hydrogen-bond acceptors (Lipinski definition) is 4. The number of aryl methyl sites for hydroxylation is 3. The van der Waals surface area contributed by atoms with Crippen molar-refractivity contribution in [3.63, 3.8) is 0 Å². The minimum Gasteiger partial charge on any atom is -0.368 e. The number of thiazole rings is 1. The highest BCUT2D eigenvalue weighted by Crippen LogP contribution is 2.19. The van der Waals surface area contributed by atoms with Crippen molar-refractivity contribution >= 4 is 23.0 Å². The summed E-state index contributed by atoms with van der Waals surface area (Å²) in [5.74, 6) is 1.00. The summed E-state index contributed by atoms with van der Waals surface area (Å²) in [7, 11) is 0. The number of anilines is 1. The van der Waals surface area contributed by atoms with Gasteiger partial charge < -0.3 is 15.1 Å². The van der Waals surface area contributed by atoms with Gasteiger partial charge in [-0.25, -0.2) is 9.98 Å². The third kappa shape index (κ3) is 4.55. The molecule has 1 aromatic carbocycles. The molecule has 1 fully saturated rings. The standard InChI is InChI=1S/C20H29N5S/c1-5-21-20(22-14-19-23-16(3)17(4)26-19)25-11-9-24(10-12-25)18-8-6-7-15(2)13-18/h6-8,13H,5,9-12,14H2,1-4H3,(H,21,22). The van der Waals surface area contributed by atoms with Crippen LogP contribution in [0.25, 0.3) is 0 Å². The summed E-state index contributed by atoms with van der Waals surface area (Å²) in [6.07, 6.45) is 0. The fraction of sp³-hybridized carbons (Fsp3) is 0.500. The molecule has 6 heteroatoms. The molecule has 1 N–H and O–H groups in total. The van der Waals surface area contributed by atoms with Gasteiger partial charge in [-0.3, -0.25) is 0 Å². The first-order valence-electron chi connectivity index (χ1n) is 9.34. The van der Waals surface area contributed by atoms with Crippen molar-refractivity contribution < 1.29 is 0 Å². The lowest BCUT2D eigenvalue weighted by Crippen LogP contribution is -2.52. The molecule has 2 heterocycles. The van der Waals surface area contributed by atoms with Gasteiger partial charge in [0.15, 0.2) is 5.96 Å². The predicted octanol–water partition coefficient (Wildman–Crippen LogP) is 3.36. The van der Waals surface area contributed by atoms with Crippen LogP contribution in [-0.4, -0.2) is 48.6 Å². The molecular weight excluding hydrogens is 342 g/mol. The number of benzene rings is 1. The Balaban J connectivity index is 1.63. The van der Waals surface area contributed by atoms with E-state index in [2.05, 4.69) is 72.1 Å². The van der Waals surface area contributed by atoms with Crippen molar-refractivity contribution in [2.24, 2.45) is 4.99 Å². The normalized spacial score (nSPS) is 15.5. The third-order valence-corrected chi connectivity index (χ3v) is 5.78. The smallest absolute Gasteiger partial charge is 0.194 e. The number of nitrogens with zero attached hydrogens (tertiary/aromatic N) is 4. The van der Waals surface area contributed by atoms with Gasteiger partial charge >= 0.3 is 0 Å². The summed E-state index contributed by atoms with van der Waals surface area (Å²) in [5, 5.41) is 4.53. The van der Waals surface area contributed by atoms with Crippen LogP contribution in [0.4, 0.5) is 5.69 Å². The van der Waals surface area contributed by atoms with E-state index in [0.29, 0.717) is 6.54 Å². The number of nitrogens with one attached hydrogen (secondary N) is 1. The molecule has 0 radical (unpaired) electrons. The van der Waals surface area contributed by atoms with Gasteiger partial charge in [0.05, 0.1) is 12.2 Å². The topological polar surface area (TPSA) is 43.8 Å². The van der Waals surface area contributed by atoms with Crippen molar-refractivity contribution in [1.82, 2.24) is 15.2 Å². The quantitative estimate of drug-likeness (QED) is 0.661. The Bertz CT molecular complexity index is 740. The molecule has 1 saturated heterocycles. The highest BCUT2D eigenvalue weighted by molar-refractivity contribution is 7.11. The van der Waals surface area contributed by atoms with Gasteiger partial charge in [-0.1, -0.05) is 12.1 Å². The molecular formula is C20H29N5S. The van der Waals surface area contributed by atoms with E-state index < -0.39 is 0 Å². The molecule has 0 spiro atoms. The first kappa shape index (κ1) is 18.7. The van der Waals surface area contributed by atoms with Gasteiger partial charge in [0.1, 0.15) is 5.01 Å². The minimum atomic E-state index is 0.653. The molecule has 1 aliphatic heterocycles. The van der Waals surface area contributed by atoms with Crippen LogP contribution in [-0.2, 0) is 6.54 Å². The molecule has 5 nitrogen and oxygen atoms in total. The Kier molecular flexibility index (Phi) is 6.14. The molecule has 1 aromatic heterocycles. The van der Waals surface area contributed by atoms with Crippen LogP contribution in [0.2, 0.25) is 0 Å². The maximum absolute atomic E-state index is 4.83. The van der Waals surface area contributed by atoms with Crippen molar-refractivity contribution in [3.05, 3.63) is 45.4 Å². The van der Waals surface area contributed by atoms with Crippen molar-refractivity contribution in [2.75, 3.05) is 37.6 Å². The van der Waals surface area contributed by atoms with E-state index in [9.17, 15) is 0 Å². The zero-order valence-electron chi connectivity index (χ0n) is 16.2. The second-order valence-corrected chi connectivity index (χ2v) is 8.02. The van der Waals surface area contributed by atoms with E-state index in [0.717, 1.165) is 49.4 Å². The van der Waals surface area contributed by atoms with Crippen LogP contribution >= 0.6 is 11.3 Å². The van der Waals surface area contributed by atoms with E-state index in [-0.39, 0.29) is 0 Å². The molecule has 0 aliphatic carbocycles. The SMILES string of the molecule is CCNC(=NCc1nc(C)c(C)s1)N1CCN(c2cccc(C)c2)CC1. The van der Waals surface area contributed by atoms with Gasteiger partial charge in [0.2, 0.25) is 0 Å². The maximum atomic E-state index is 4.83. The third-order valence-electron chi connectivity index (χ3n) is 4.72. The van der Waals surface area contributed by atoms with Crippen LogP contribution in [0.1, 0.15) is 28.1 Å². The number of rotatable bonds is 4. The van der Waals surface area contributed by atoms with E-state index >= 15 is 0 Å². The zero-order chi connectivity index (χ0) is 18.5. The molecule has 26 heavy (non-hydrogen) atoms. The number of aromatic nitrogens is 1. The molecule has 0 saturated carbocycles. The maximum Gasteiger partial charge on any atom is 0.194 e. The molecule has 2 aromatic rings. The van der Waals surface area contributed by atoms with Gasteiger partial charge in [-0.05, 0) is 45.4 Å². The summed E-state index contributed by atoms with van der Waals surface area (Å²) in [4.78, 5) is 15.5. The van der Waals surface area contributed by atoms with E-state index in [1.165, 1.54) is 16.1 Å². The molecule has 0 atom stereocenters. The van der Waals surface area contributed by atoms with E-state index in [1.807, 2.05) is 0 Å². The summed E-state index contributed by atoms with van der Waals surface area (Å²) < 4.78 is 0. The molecule has 0 amide bonds. The average Bonchev–Trinajstić information content (AvgIpc) is 2.97. The highest BCUT2D eigenvalue weighted by atomic mass is 32.1. The largest absolute Gasteiger partial charge is 0.368 e. The fourth-order valence-corrected chi connectivity index (χ4v) is 4.03. The molecule has 0 bridgehead atoms. The molecule has 140 valence electrons. The average molecular weight is 372 g/mol. The highest BCUT2D eigenvalue weighted by Gasteiger charge is 2.20. The predicted molar refractivity (Wildman–Crippen MR) is 111 cm³/mol. The summed E-state index contributed by atoms with van der Waals surface area (Å²) in [6.45, 7) is 14.0. The number of guanidine groups is 1. The van der Waals surface area contributed by atoms with Gasteiger partial charge in [0.25, 0.3) is 0 Å². The Morgan fingerprint density at radius 3 is 2.58 bits per heavy atom. The van der Waals surface area contributed by atoms with Gasteiger partial charge in [-0.2, -0.15) is 0 Å². The Labute approximate surface area is 160 Å². The number of piperazine rings is 1. The Morgan fingerprint density at radius 2 is 1.96 bits per heavy atom. The molecule has 1 aliphatic rings. The first-order valence-corrected chi connectivity index (χ1v) is 10.2. The van der Waals surface area contributed by atoms with Crippen LogP contribution in [0.5, 0.6) is 0 Å². The lowest BCUT2D eigenvalue weighted by molar-refractivity contribution is 0.372. The second-order valence-electron chi connectivity index (χ2n) is 6.73. The number of hydrogen-bond donors (Lipinski definition) is 1. The lowest BCUT2D eigenvalue weighted by Gasteiger charge is -2.37. The van der Waals surface area contributed by atoms with Crippen LogP contribution in [0, 0.1) is 20.8 Å². The zero-order valence-corrected chi connectivity index (χ0v) is 17.1. The van der Waals surface area contributed by atoms with Gasteiger partial charge in [-0.15, -0.1) is 11.3 Å². The van der Waals surface area contributed by atoms with E-state index in [1.54, 1.807) is 11.3 Å². The monoisotopic (exact) mass is 371 g/mol. The van der Waals surface area contributed by atoms with Crippen LogP contribution in [0.15, 0.2) is 29.3 Å². The molecule has 3 rings (SSSR count). The van der Waals surface area contributed by atoms with Gasteiger partial charge in [0, 0.05) is 43.3 Å². The fourth-order valence-electron chi connectivity index (χ4n) is 3.18. The summed E-state index contributed by atoms with van der Waals surface area (Å²) >= 11 is 1.75. The first-order chi connectivity index (χ1) is 12.6. The lowest BCUT2D eigenvalue weighted by atomic mass is 10.2. The number of aliphatic imine (C=N–C) groups is 1. The Hall–Kier alpha value is -2.08.